The average molecular weight is 232 g/mol. The van der Waals surface area contributed by atoms with E-state index in [0.29, 0.717) is 11.3 Å². The molecule has 5 nitrogen and oxygen atoms in total. The molecule has 0 heterocycles. The zero-order chi connectivity index (χ0) is 12.8. The van der Waals surface area contributed by atoms with Crippen molar-refractivity contribution in [2.75, 3.05) is 12.8 Å². The van der Waals surface area contributed by atoms with Gasteiger partial charge in [0, 0.05) is 11.3 Å². The highest BCUT2D eigenvalue weighted by Gasteiger charge is 2.09. The number of amides is 1. The van der Waals surface area contributed by atoms with Gasteiger partial charge in [-0.15, -0.1) is 0 Å². The lowest BCUT2D eigenvalue weighted by atomic mass is 10.1. The van der Waals surface area contributed by atoms with Gasteiger partial charge >= 0.3 is 5.97 Å². The molecule has 0 spiro atoms. The second-order valence-corrected chi connectivity index (χ2v) is 3.24. The van der Waals surface area contributed by atoms with E-state index in [1.807, 2.05) is 0 Å². The molecule has 1 rings (SSSR count). The number of methoxy groups -OCH3 is 1. The quantitative estimate of drug-likeness (QED) is 0.435. The minimum Gasteiger partial charge on any atom is -0.465 e. The van der Waals surface area contributed by atoms with Crippen LogP contribution in [-0.2, 0) is 9.53 Å². The molecule has 0 aliphatic heterocycles. The van der Waals surface area contributed by atoms with Crippen LogP contribution >= 0.6 is 0 Å². The van der Waals surface area contributed by atoms with Crippen molar-refractivity contribution in [3.05, 3.63) is 29.3 Å². The average Bonchev–Trinajstić information content (AvgIpc) is 2.30. The molecular formula is C12H12N2O3. The van der Waals surface area contributed by atoms with Crippen LogP contribution in [0.25, 0.3) is 0 Å². The Hall–Kier alpha value is -2.48. The van der Waals surface area contributed by atoms with E-state index in [9.17, 15) is 9.59 Å². The Morgan fingerprint density at radius 2 is 2.12 bits per heavy atom. The molecule has 0 aliphatic rings. The molecular weight excluding hydrogens is 220 g/mol. The van der Waals surface area contributed by atoms with Crippen LogP contribution in [0.2, 0.25) is 0 Å². The van der Waals surface area contributed by atoms with E-state index < -0.39 is 11.9 Å². The number of esters is 1. The second kappa shape index (κ2) is 5.56. The summed E-state index contributed by atoms with van der Waals surface area (Å²) in [5, 5.41) is 0. The number of primary amides is 1. The summed E-state index contributed by atoms with van der Waals surface area (Å²) in [5.41, 5.74) is 11.7. The Balaban J connectivity index is 2.99. The molecule has 0 unspecified atom stereocenters. The summed E-state index contributed by atoms with van der Waals surface area (Å²) in [6.45, 7) is 0. The van der Waals surface area contributed by atoms with Crippen LogP contribution in [0.15, 0.2) is 18.2 Å². The molecule has 17 heavy (non-hydrogen) atoms. The van der Waals surface area contributed by atoms with Gasteiger partial charge in [-0.25, -0.2) is 4.79 Å². The van der Waals surface area contributed by atoms with Crippen molar-refractivity contribution < 1.29 is 14.3 Å². The molecule has 1 amide bonds. The molecule has 0 atom stereocenters. The fourth-order valence-electron chi connectivity index (χ4n) is 1.15. The summed E-state index contributed by atoms with van der Waals surface area (Å²) in [5.74, 6) is 4.27. The third-order valence-corrected chi connectivity index (χ3v) is 1.95. The molecule has 0 bridgehead atoms. The van der Waals surface area contributed by atoms with Crippen molar-refractivity contribution in [1.82, 2.24) is 0 Å². The first-order valence-corrected chi connectivity index (χ1v) is 4.79. The highest BCUT2D eigenvalue weighted by Crippen LogP contribution is 2.14. The topological polar surface area (TPSA) is 95.4 Å². The number of anilines is 1. The van der Waals surface area contributed by atoms with Crippen molar-refractivity contribution >= 4 is 17.6 Å². The predicted molar refractivity (Wildman–Crippen MR) is 62.9 cm³/mol. The van der Waals surface area contributed by atoms with E-state index in [1.165, 1.54) is 13.2 Å². The number of nitrogens with two attached hydrogens (primary N) is 2. The number of rotatable bonds is 2. The van der Waals surface area contributed by atoms with Crippen molar-refractivity contribution in [3.63, 3.8) is 0 Å². The van der Waals surface area contributed by atoms with Gasteiger partial charge < -0.3 is 16.2 Å². The van der Waals surface area contributed by atoms with Crippen molar-refractivity contribution in [2.24, 2.45) is 5.73 Å². The minimum absolute atomic E-state index is 0.0298. The van der Waals surface area contributed by atoms with Gasteiger partial charge in [-0.2, -0.15) is 0 Å². The third-order valence-electron chi connectivity index (χ3n) is 1.95. The van der Waals surface area contributed by atoms with E-state index in [1.54, 1.807) is 12.1 Å². The van der Waals surface area contributed by atoms with E-state index in [0.717, 1.165) is 0 Å². The molecule has 0 radical (unpaired) electrons. The van der Waals surface area contributed by atoms with Gasteiger partial charge in [-0.05, 0) is 18.2 Å². The van der Waals surface area contributed by atoms with Gasteiger partial charge in [0.15, 0.2) is 0 Å². The van der Waals surface area contributed by atoms with Crippen LogP contribution in [0.3, 0.4) is 0 Å². The van der Waals surface area contributed by atoms with Gasteiger partial charge in [-0.3, -0.25) is 4.79 Å². The Morgan fingerprint density at radius 3 is 2.71 bits per heavy atom. The lowest BCUT2D eigenvalue weighted by Crippen LogP contribution is -2.08. The standard InChI is InChI=1S/C12H12N2O3/c1-17-12(16)9-7-8(5-6-10(9)13)3-2-4-11(14)15/h5-7H,4,13H2,1H3,(H2,14,15). The molecule has 0 aromatic heterocycles. The lowest BCUT2D eigenvalue weighted by molar-refractivity contribution is -0.117. The molecule has 4 N–H and O–H groups in total. The number of ether oxygens (including phenoxy) is 1. The normalized spacial score (nSPS) is 9.00. The fourth-order valence-corrected chi connectivity index (χ4v) is 1.15. The summed E-state index contributed by atoms with van der Waals surface area (Å²) in [4.78, 5) is 21.8. The molecule has 0 fully saturated rings. The smallest absolute Gasteiger partial charge is 0.339 e. The van der Waals surface area contributed by atoms with Gasteiger partial charge in [0.2, 0.25) is 5.91 Å². The lowest BCUT2D eigenvalue weighted by Gasteiger charge is -2.03. The molecule has 0 saturated heterocycles. The number of carbonyl (C=O) groups is 2. The Kier molecular flexibility index (Phi) is 4.12. The first-order valence-electron chi connectivity index (χ1n) is 4.79. The predicted octanol–water partition coefficient (Wildman–Crippen LogP) is 0.282. The first-order chi connectivity index (χ1) is 8.04. The summed E-state index contributed by atoms with van der Waals surface area (Å²) >= 11 is 0. The number of hydrogen-bond donors (Lipinski definition) is 2. The summed E-state index contributed by atoms with van der Waals surface area (Å²) in [6, 6.07) is 4.71. The van der Waals surface area contributed by atoms with Gasteiger partial charge in [-0.1, -0.05) is 11.8 Å². The number of nitrogen functional groups attached to an aromatic ring is 1. The van der Waals surface area contributed by atoms with Crippen LogP contribution in [-0.4, -0.2) is 19.0 Å². The maximum Gasteiger partial charge on any atom is 0.339 e. The van der Waals surface area contributed by atoms with Gasteiger partial charge in [0.05, 0.1) is 19.1 Å². The Morgan fingerprint density at radius 1 is 1.41 bits per heavy atom. The molecule has 1 aromatic carbocycles. The van der Waals surface area contributed by atoms with Crippen molar-refractivity contribution in [3.8, 4) is 11.8 Å². The van der Waals surface area contributed by atoms with Crippen LogP contribution in [0.4, 0.5) is 5.69 Å². The third kappa shape index (κ3) is 3.54. The van der Waals surface area contributed by atoms with Crippen molar-refractivity contribution in [1.29, 1.82) is 0 Å². The molecule has 0 saturated carbocycles. The van der Waals surface area contributed by atoms with Crippen LogP contribution in [0, 0.1) is 11.8 Å². The Bertz CT molecular complexity index is 512. The molecule has 1 aromatic rings. The van der Waals surface area contributed by atoms with E-state index in [2.05, 4.69) is 16.6 Å². The molecule has 5 heteroatoms. The number of hydrogen-bond acceptors (Lipinski definition) is 4. The monoisotopic (exact) mass is 232 g/mol. The Labute approximate surface area is 98.7 Å². The highest BCUT2D eigenvalue weighted by atomic mass is 16.5. The summed E-state index contributed by atoms with van der Waals surface area (Å²) < 4.78 is 4.57. The fraction of sp³-hybridized carbons (Fsp3) is 0.167. The maximum absolute atomic E-state index is 11.3. The van der Waals surface area contributed by atoms with Gasteiger partial charge in [0.1, 0.15) is 0 Å². The summed E-state index contributed by atoms with van der Waals surface area (Å²) in [7, 11) is 1.27. The van der Waals surface area contributed by atoms with E-state index in [-0.39, 0.29) is 12.0 Å². The highest BCUT2D eigenvalue weighted by molar-refractivity contribution is 5.95. The number of benzene rings is 1. The summed E-state index contributed by atoms with van der Waals surface area (Å²) in [6.07, 6.45) is -0.0298. The zero-order valence-corrected chi connectivity index (χ0v) is 9.32. The SMILES string of the molecule is COC(=O)c1cc(C#CCC(N)=O)ccc1N. The molecule has 88 valence electrons. The van der Waals surface area contributed by atoms with Gasteiger partial charge in [0.25, 0.3) is 0 Å². The van der Waals surface area contributed by atoms with Crippen LogP contribution in [0.5, 0.6) is 0 Å². The van der Waals surface area contributed by atoms with E-state index in [4.69, 9.17) is 11.5 Å². The van der Waals surface area contributed by atoms with Crippen molar-refractivity contribution in [2.45, 2.75) is 6.42 Å². The first kappa shape index (κ1) is 12.6. The van der Waals surface area contributed by atoms with Crippen LogP contribution < -0.4 is 11.5 Å². The maximum atomic E-state index is 11.3. The largest absolute Gasteiger partial charge is 0.465 e. The number of carbonyl (C=O) groups excluding carboxylic acids is 2. The second-order valence-electron chi connectivity index (χ2n) is 3.24. The van der Waals surface area contributed by atoms with E-state index >= 15 is 0 Å². The molecule has 0 aliphatic carbocycles. The zero-order valence-electron chi connectivity index (χ0n) is 9.32. The van der Waals surface area contributed by atoms with Crippen LogP contribution in [0.1, 0.15) is 22.3 Å². The minimum atomic E-state index is -0.527.